The van der Waals surface area contributed by atoms with Crippen LogP contribution in [0.25, 0.3) is 0 Å². The van der Waals surface area contributed by atoms with Crippen molar-refractivity contribution < 1.29 is 0 Å². The van der Waals surface area contributed by atoms with Gasteiger partial charge in [-0.05, 0) is 6.92 Å². The van der Waals surface area contributed by atoms with Gasteiger partial charge in [0.05, 0.1) is 12.9 Å². The largest absolute Gasteiger partial charge is 0.392 e. The minimum Gasteiger partial charge on any atom is -0.392 e. The second-order valence-corrected chi connectivity index (χ2v) is 3.87. The number of rotatable bonds is 3. The number of hydrogen-bond acceptors (Lipinski definition) is 4. The first-order valence-electron chi connectivity index (χ1n) is 5.14. The predicted octanol–water partition coefficient (Wildman–Crippen LogP) is 0.744. The SMILES string of the molecule is CCn1ccnc1Cn1cnc(Cl)c(N)c1=O. The molecule has 0 atom stereocenters. The smallest absolute Gasteiger partial charge is 0.278 e. The lowest BCUT2D eigenvalue weighted by atomic mass is 10.5. The Balaban J connectivity index is 2.37. The van der Waals surface area contributed by atoms with E-state index in [0.29, 0.717) is 6.54 Å². The van der Waals surface area contributed by atoms with Crippen molar-refractivity contribution in [2.45, 2.75) is 20.0 Å². The molecule has 0 saturated heterocycles. The van der Waals surface area contributed by atoms with Crippen molar-refractivity contribution in [3.05, 3.63) is 40.1 Å². The number of halogens is 1. The maximum Gasteiger partial charge on any atom is 0.278 e. The van der Waals surface area contributed by atoms with Gasteiger partial charge in [0, 0.05) is 18.9 Å². The fraction of sp³-hybridized carbons (Fsp3) is 0.300. The molecule has 2 heterocycles. The standard InChI is InChI=1S/C10H12ClN5O/c1-2-15-4-3-13-7(15)5-16-6-14-9(11)8(12)10(16)17/h3-4,6H,2,5,12H2,1H3. The highest BCUT2D eigenvalue weighted by atomic mass is 35.5. The van der Waals surface area contributed by atoms with Crippen LogP contribution in [0.3, 0.4) is 0 Å². The van der Waals surface area contributed by atoms with Crippen LogP contribution in [0.5, 0.6) is 0 Å². The van der Waals surface area contributed by atoms with Gasteiger partial charge in [0.25, 0.3) is 5.56 Å². The van der Waals surface area contributed by atoms with Gasteiger partial charge in [-0.25, -0.2) is 9.97 Å². The highest BCUT2D eigenvalue weighted by Crippen LogP contribution is 2.08. The van der Waals surface area contributed by atoms with Gasteiger partial charge in [0.15, 0.2) is 5.15 Å². The van der Waals surface area contributed by atoms with Crippen molar-refractivity contribution in [1.82, 2.24) is 19.1 Å². The number of aromatic nitrogens is 4. The first-order valence-corrected chi connectivity index (χ1v) is 5.51. The van der Waals surface area contributed by atoms with Crippen LogP contribution in [-0.2, 0) is 13.1 Å². The summed E-state index contributed by atoms with van der Waals surface area (Å²) in [6.45, 7) is 3.12. The molecule has 0 radical (unpaired) electrons. The third-order valence-corrected chi connectivity index (χ3v) is 2.78. The zero-order valence-electron chi connectivity index (χ0n) is 9.30. The van der Waals surface area contributed by atoms with Crippen molar-refractivity contribution in [3.63, 3.8) is 0 Å². The molecular weight excluding hydrogens is 242 g/mol. The van der Waals surface area contributed by atoms with Crippen LogP contribution in [0, 0.1) is 0 Å². The van der Waals surface area contributed by atoms with E-state index in [0.717, 1.165) is 12.4 Å². The van der Waals surface area contributed by atoms with E-state index < -0.39 is 0 Å². The molecule has 0 unspecified atom stereocenters. The summed E-state index contributed by atoms with van der Waals surface area (Å²) >= 11 is 5.66. The monoisotopic (exact) mass is 253 g/mol. The highest BCUT2D eigenvalue weighted by molar-refractivity contribution is 6.31. The summed E-state index contributed by atoms with van der Waals surface area (Å²) < 4.78 is 3.33. The molecule has 0 amide bonds. The summed E-state index contributed by atoms with van der Waals surface area (Å²) in [5, 5.41) is 0.0325. The van der Waals surface area contributed by atoms with Crippen LogP contribution >= 0.6 is 11.6 Å². The van der Waals surface area contributed by atoms with Gasteiger partial charge < -0.3 is 10.3 Å². The van der Waals surface area contributed by atoms with Crippen molar-refractivity contribution in [3.8, 4) is 0 Å². The third kappa shape index (κ3) is 2.16. The molecule has 7 heteroatoms. The van der Waals surface area contributed by atoms with Crippen LogP contribution in [0.15, 0.2) is 23.5 Å². The first-order chi connectivity index (χ1) is 8.13. The maximum absolute atomic E-state index is 11.8. The molecule has 0 fully saturated rings. The molecule has 2 aromatic heterocycles. The fourth-order valence-corrected chi connectivity index (χ4v) is 1.65. The van der Waals surface area contributed by atoms with E-state index in [1.165, 1.54) is 10.9 Å². The summed E-state index contributed by atoms with van der Waals surface area (Å²) in [6.07, 6.45) is 4.92. The molecule has 0 saturated carbocycles. The summed E-state index contributed by atoms with van der Waals surface area (Å²) in [4.78, 5) is 19.8. The number of anilines is 1. The molecule has 0 aliphatic heterocycles. The van der Waals surface area contributed by atoms with Gasteiger partial charge in [-0.1, -0.05) is 11.6 Å². The lowest BCUT2D eigenvalue weighted by Crippen LogP contribution is -2.25. The number of aryl methyl sites for hydroxylation is 1. The average molecular weight is 254 g/mol. The first kappa shape index (κ1) is 11.7. The number of nitrogens with two attached hydrogens (primary N) is 1. The molecule has 0 bridgehead atoms. The van der Waals surface area contributed by atoms with E-state index in [2.05, 4.69) is 9.97 Å². The van der Waals surface area contributed by atoms with E-state index in [-0.39, 0.29) is 16.4 Å². The zero-order chi connectivity index (χ0) is 12.4. The van der Waals surface area contributed by atoms with Crippen LogP contribution < -0.4 is 11.3 Å². The van der Waals surface area contributed by atoms with E-state index >= 15 is 0 Å². The van der Waals surface area contributed by atoms with E-state index in [1.54, 1.807) is 6.20 Å². The molecule has 6 nitrogen and oxygen atoms in total. The van der Waals surface area contributed by atoms with E-state index in [4.69, 9.17) is 17.3 Å². The molecule has 17 heavy (non-hydrogen) atoms. The number of nitrogen functional groups attached to an aromatic ring is 1. The summed E-state index contributed by atoms with van der Waals surface area (Å²) in [5.74, 6) is 0.776. The van der Waals surface area contributed by atoms with E-state index in [1.807, 2.05) is 17.7 Å². The van der Waals surface area contributed by atoms with Crippen LogP contribution in [0.1, 0.15) is 12.7 Å². The molecule has 0 aliphatic carbocycles. The molecular formula is C10H12ClN5O. The normalized spacial score (nSPS) is 10.7. The number of nitrogens with zero attached hydrogens (tertiary/aromatic N) is 4. The van der Waals surface area contributed by atoms with Crippen molar-refractivity contribution in [2.75, 3.05) is 5.73 Å². The van der Waals surface area contributed by atoms with Crippen molar-refractivity contribution >= 4 is 17.3 Å². The minimum absolute atomic E-state index is 0.0325. The average Bonchev–Trinajstić information content (AvgIpc) is 2.77. The Bertz CT molecular complexity index is 589. The zero-order valence-corrected chi connectivity index (χ0v) is 10.1. The minimum atomic E-state index is -0.351. The Morgan fingerprint density at radius 3 is 2.88 bits per heavy atom. The highest BCUT2D eigenvalue weighted by Gasteiger charge is 2.08. The van der Waals surface area contributed by atoms with Crippen LogP contribution in [0.4, 0.5) is 5.69 Å². The molecule has 2 aromatic rings. The fourth-order valence-electron chi connectivity index (χ4n) is 1.53. The number of hydrogen-bond donors (Lipinski definition) is 1. The molecule has 0 aromatic carbocycles. The Hall–Kier alpha value is -1.82. The Morgan fingerprint density at radius 1 is 1.41 bits per heavy atom. The topological polar surface area (TPSA) is 78.7 Å². The predicted molar refractivity (Wildman–Crippen MR) is 64.9 cm³/mol. The van der Waals surface area contributed by atoms with Crippen LogP contribution in [-0.4, -0.2) is 19.1 Å². The van der Waals surface area contributed by atoms with E-state index in [9.17, 15) is 4.79 Å². The summed E-state index contributed by atoms with van der Waals surface area (Å²) in [7, 11) is 0. The summed E-state index contributed by atoms with van der Waals surface area (Å²) in [5.41, 5.74) is 5.14. The van der Waals surface area contributed by atoms with Gasteiger partial charge in [0.2, 0.25) is 0 Å². The molecule has 90 valence electrons. The molecule has 0 spiro atoms. The quantitative estimate of drug-likeness (QED) is 0.819. The lowest BCUT2D eigenvalue weighted by Gasteiger charge is -2.08. The van der Waals surface area contributed by atoms with Gasteiger partial charge in [-0.15, -0.1) is 0 Å². The second kappa shape index (κ2) is 4.58. The third-order valence-electron chi connectivity index (χ3n) is 2.48. The van der Waals surface area contributed by atoms with Gasteiger partial charge >= 0.3 is 0 Å². The van der Waals surface area contributed by atoms with Crippen LogP contribution in [0.2, 0.25) is 5.15 Å². The van der Waals surface area contributed by atoms with Crippen molar-refractivity contribution in [2.24, 2.45) is 0 Å². The van der Waals surface area contributed by atoms with Gasteiger partial charge in [-0.2, -0.15) is 0 Å². The van der Waals surface area contributed by atoms with Gasteiger partial charge in [0.1, 0.15) is 11.5 Å². The van der Waals surface area contributed by atoms with Crippen molar-refractivity contribution in [1.29, 1.82) is 0 Å². The Kier molecular flexibility index (Phi) is 3.14. The molecule has 2 N–H and O–H groups in total. The van der Waals surface area contributed by atoms with Gasteiger partial charge in [-0.3, -0.25) is 9.36 Å². The Morgan fingerprint density at radius 2 is 2.18 bits per heavy atom. The Labute approximate surface area is 103 Å². The maximum atomic E-state index is 11.8. The number of imidazole rings is 1. The lowest BCUT2D eigenvalue weighted by molar-refractivity contribution is 0.633. The summed E-state index contributed by atoms with van der Waals surface area (Å²) in [6, 6.07) is 0. The molecule has 2 rings (SSSR count). The molecule has 0 aliphatic rings. The second-order valence-electron chi connectivity index (χ2n) is 3.51.